The largest absolute Gasteiger partial charge is 0.513 e. The number of phenols is 1. The molecule has 72 heavy (non-hydrogen) atoms. The SMILES string of the molecule is CCC(C)(C)c1ccc(OCCCC(=O)Nc2ccc(Oc3c(C)cn4c(-c5ccc(NS(C)(=O)=O)cc5)n[nH]c34)cc2)c(C(C)(C)CC)c1.COC(=O)Oc1cc(NC(C)=O)c(O)c(NC(=O)C(C)C)c1. The maximum absolute atomic E-state index is 12.8. The van der Waals surface area contributed by atoms with Gasteiger partial charge in [-0.1, -0.05) is 67.5 Å². The number of aromatic amines is 1. The molecule has 19 heteroatoms. The van der Waals surface area contributed by atoms with Crippen LogP contribution in [0.5, 0.6) is 28.7 Å². The molecule has 4 aromatic carbocycles. The van der Waals surface area contributed by atoms with Crippen molar-refractivity contribution in [3.05, 3.63) is 102 Å². The first-order valence-electron chi connectivity index (χ1n) is 23.6. The smallest absolute Gasteiger partial charge is 0.504 e. The van der Waals surface area contributed by atoms with E-state index in [0.717, 1.165) is 43.1 Å². The zero-order chi connectivity index (χ0) is 53.1. The van der Waals surface area contributed by atoms with E-state index in [-0.39, 0.29) is 51.4 Å². The van der Waals surface area contributed by atoms with E-state index >= 15 is 0 Å². The molecule has 0 aliphatic rings. The molecule has 0 fully saturated rings. The van der Waals surface area contributed by atoms with Crippen LogP contribution in [0, 0.1) is 12.8 Å². The molecule has 6 N–H and O–H groups in total. The quantitative estimate of drug-likeness (QED) is 0.0192. The van der Waals surface area contributed by atoms with Crippen molar-refractivity contribution in [3.63, 3.8) is 0 Å². The van der Waals surface area contributed by atoms with Crippen molar-refractivity contribution < 1.29 is 51.6 Å². The predicted octanol–water partition coefficient (Wildman–Crippen LogP) is 11.1. The van der Waals surface area contributed by atoms with E-state index in [2.05, 4.69) is 95.3 Å². The van der Waals surface area contributed by atoms with Gasteiger partial charge in [0.05, 0.1) is 31.3 Å². The van der Waals surface area contributed by atoms with E-state index in [1.165, 1.54) is 30.2 Å². The van der Waals surface area contributed by atoms with E-state index in [9.17, 15) is 32.7 Å². The summed E-state index contributed by atoms with van der Waals surface area (Å²) >= 11 is 0. The summed E-state index contributed by atoms with van der Waals surface area (Å²) in [6, 6.07) is 23.3. The highest BCUT2D eigenvalue weighted by Crippen LogP contribution is 2.40. The topological polar surface area (TPSA) is 241 Å². The van der Waals surface area contributed by atoms with Crippen LogP contribution < -0.4 is 34.9 Å². The van der Waals surface area contributed by atoms with Gasteiger partial charge < -0.3 is 40.0 Å². The van der Waals surface area contributed by atoms with E-state index in [0.29, 0.717) is 53.8 Å². The fraction of sp³-hybridized carbons (Fsp3) is 0.377. The van der Waals surface area contributed by atoms with Crippen LogP contribution in [0.1, 0.15) is 105 Å². The number of sulfonamides is 1. The van der Waals surface area contributed by atoms with Gasteiger partial charge in [0.2, 0.25) is 27.7 Å². The number of aromatic hydroxyl groups is 1. The number of amides is 3. The van der Waals surface area contributed by atoms with Gasteiger partial charge in [0.15, 0.2) is 23.0 Å². The Labute approximate surface area is 421 Å². The van der Waals surface area contributed by atoms with Crippen LogP contribution in [0.3, 0.4) is 0 Å². The number of carbonyl (C=O) groups is 4. The Morgan fingerprint density at radius 1 is 0.833 bits per heavy atom. The summed E-state index contributed by atoms with van der Waals surface area (Å²) in [6.07, 6.45) is 5.06. The highest BCUT2D eigenvalue weighted by atomic mass is 32.2. The van der Waals surface area contributed by atoms with Crippen LogP contribution in [0.2, 0.25) is 0 Å². The number of phenolic OH excluding ortho intramolecular Hbond substituents is 1. The number of aryl methyl sites for hydroxylation is 1. The number of methoxy groups -OCH3 is 1. The number of anilines is 4. The lowest BCUT2D eigenvalue weighted by atomic mass is 9.76. The number of rotatable bonds is 19. The van der Waals surface area contributed by atoms with E-state index in [1.807, 2.05) is 41.8 Å². The molecule has 18 nitrogen and oxygen atoms in total. The van der Waals surface area contributed by atoms with Gasteiger partial charge in [0.25, 0.3) is 0 Å². The molecular formula is C53H67N7O11S. The lowest BCUT2D eigenvalue weighted by molar-refractivity contribution is -0.119. The molecule has 6 rings (SSSR count). The normalized spacial score (nSPS) is 11.6. The van der Waals surface area contributed by atoms with Gasteiger partial charge >= 0.3 is 6.16 Å². The number of benzene rings is 4. The molecule has 6 aromatic rings. The minimum absolute atomic E-state index is 0.00357. The Balaban J connectivity index is 0.000000367. The van der Waals surface area contributed by atoms with Gasteiger partial charge in [-0.3, -0.25) is 28.6 Å². The molecule has 0 aliphatic carbocycles. The summed E-state index contributed by atoms with van der Waals surface area (Å²) in [5.41, 5.74) is 6.15. The van der Waals surface area contributed by atoms with E-state index < -0.39 is 22.1 Å². The number of nitrogens with zero attached hydrogens (tertiary/aromatic N) is 2. The molecular weight excluding hydrogens is 943 g/mol. The Morgan fingerprint density at radius 2 is 1.46 bits per heavy atom. The van der Waals surface area contributed by atoms with Crippen LogP contribution in [-0.4, -0.2) is 72.0 Å². The van der Waals surface area contributed by atoms with Crippen LogP contribution in [0.15, 0.2) is 85.1 Å². The van der Waals surface area contributed by atoms with Crippen molar-refractivity contribution in [2.75, 3.05) is 40.6 Å². The number of ether oxygens (including phenoxy) is 4. The van der Waals surface area contributed by atoms with Crippen LogP contribution in [0.25, 0.3) is 17.0 Å². The Hall–Kier alpha value is -7.54. The first kappa shape index (κ1) is 55.4. The van der Waals surface area contributed by atoms with Crippen molar-refractivity contribution in [1.82, 2.24) is 14.6 Å². The lowest BCUT2D eigenvalue weighted by Crippen LogP contribution is -2.21. The molecule has 0 saturated heterocycles. The monoisotopic (exact) mass is 1010 g/mol. The van der Waals surface area contributed by atoms with Gasteiger partial charge in [-0.2, -0.15) is 5.10 Å². The van der Waals surface area contributed by atoms with Crippen molar-refractivity contribution in [2.24, 2.45) is 5.92 Å². The highest BCUT2D eigenvalue weighted by Gasteiger charge is 2.27. The molecule has 0 unspecified atom stereocenters. The average molecular weight is 1010 g/mol. The first-order chi connectivity index (χ1) is 33.8. The Kier molecular flexibility index (Phi) is 18.1. The molecule has 0 aliphatic heterocycles. The fourth-order valence-electron chi connectivity index (χ4n) is 7.10. The summed E-state index contributed by atoms with van der Waals surface area (Å²) in [5, 5.41) is 25.4. The minimum atomic E-state index is -3.36. The second-order valence-electron chi connectivity index (χ2n) is 18.9. The second-order valence-corrected chi connectivity index (χ2v) is 20.7. The van der Waals surface area contributed by atoms with Gasteiger partial charge in [-0.15, -0.1) is 0 Å². The molecule has 0 saturated carbocycles. The number of nitrogens with one attached hydrogen (secondary N) is 5. The van der Waals surface area contributed by atoms with Crippen LogP contribution >= 0.6 is 0 Å². The highest BCUT2D eigenvalue weighted by molar-refractivity contribution is 7.92. The number of aromatic nitrogens is 3. The molecule has 0 atom stereocenters. The molecule has 0 bridgehead atoms. The summed E-state index contributed by atoms with van der Waals surface area (Å²) in [4.78, 5) is 46.8. The van der Waals surface area contributed by atoms with Gasteiger partial charge in [0, 0.05) is 65.7 Å². The van der Waals surface area contributed by atoms with Crippen molar-refractivity contribution in [1.29, 1.82) is 0 Å². The number of fused-ring (bicyclic) bond motifs is 1. The lowest BCUT2D eigenvalue weighted by Gasteiger charge is -2.30. The van der Waals surface area contributed by atoms with Crippen molar-refractivity contribution in [2.45, 2.75) is 106 Å². The maximum atomic E-state index is 12.8. The van der Waals surface area contributed by atoms with E-state index in [1.54, 1.807) is 38.1 Å². The summed E-state index contributed by atoms with van der Waals surface area (Å²) < 4.78 is 49.2. The van der Waals surface area contributed by atoms with E-state index in [4.69, 9.17) is 14.2 Å². The number of carbonyl (C=O) groups excluding carboxylic acids is 4. The fourth-order valence-corrected chi connectivity index (χ4v) is 7.67. The van der Waals surface area contributed by atoms with Crippen LogP contribution in [-0.2, 0) is 40.0 Å². The second kappa shape index (κ2) is 23.6. The standard InChI is InChI=1S/C39H49N5O5S.C14H18N2O6/c1-9-38(4,5)28-15-22-33(32(24-28)39(6,7)10-2)48-23-11-12-34(45)40-29-18-20-31(21-19-29)49-35-26(3)25-44-36(41-42-37(35)44)27-13-16-30(17-14-27)43-50(8,46)47;1-7(2)13(19)16-11-6-9(22-14(20)21-4)5-10(12(11)18)15-8(3)17/h13-22,24-25,42-43H,9-12,23H2,1-8H3,(H,40,45);5-7,18H,1-4H3,(H,15,17)(H,16,19). The summed E-state index contributed by atoms with van der Waals surface area (Å²) in [7, 11) is -2.23. The number of hydrogen-bond acceptors (Lipinski definition) is 12. The van der Waals surface area contributed by atoms with Gasteiger partial charge in [0.1, 0.15) is 17.2 Å². The molecule has 0 spiro atoms. The zero-order valence-corrected chi connectivity index (χ0v) is 43.8. The third-order valence-corrected chi connectivity index (χ3v) is 12.7. The molecule has 2 heterocycles. The molecule has 2 aromatic heterocycles. The zero-order valence-electron chi connectivity index (χ0n) is 43.0. The minimum Gasteiger partial charge on any atom is -0.504 e. The summed E-state index contributed by atoms with van der Waals surface area (Å²) in [5.74, 6) is 1.25. The van der Waals surface area contributed by atoms with Gasteiger partial charge in [-0.25, -0.2) is 13.2 Å². The third-order valence-electron chi connectivity index (χ3n) is 12.0. The molecule has 386 valence electrons. The number of hydrogen-bond donors (Lipinski definition) is 6. The van der Waals surface area contributed by atoms with Crippen molar-refractivity contribution in [3.8, 4) is 40.1 Å². The average Bonchev–Trinajstić information content (AvgIpc) is 3.87. The Bertz CT molecular complexity index is 3000. The Morgan fingerprint density at radius 3 is 2.04 bits per heavy atom. The number of H-pyrrole nitrogens is 1. The molecule has 0 radical (unpaired) electrons. The summed E-state index contributed by atoms with van der Waals surface area (Å²) in [6.45, 7) is 20.5. The van der Waals surface area contributed by atoms with Gasteiger partial charge in [-0.05, 0) is 97.2 Å². The van der Waals surface area contributed by atoms with Crippen LogP contribution in [0.4, 0.5) is 27.5 Å². The maximum Gasteiger partial charge on any atom is 0.513 e. The third kappa shape index (κ3) is 14.8. The predicted molar refractivity (Wildman–Crippen MR) is 280 cm³/mol. The molecule has 3 amide bonds. The van der Waals surface area contributed by atoms with Crippen molar-refractivity contribution >= 4 is 62.3 Å². The first-order valence-corrected chi connectivity index (χ1v) is 25.4.